The van der Waals surface area contributed by atoms with Crippen molar-refractivity contribution in [3.8, 4) is 0 Å². The Morgan fingerprint density at radius 1 is 1.44 bits per heavy atom. The van der Waals surface area contributed by atoms with Gasteiger partial charge in [-0.3, -0.25) is 4.98 Å². The first kappa shape index (κ1) is 17.5. The Labute approximate surface area is 148 Å². The molecule has 1 N–H and O–H groups in total. The summed E-state index contributed by atoms with van der Waals surface area (Å²) in [6, 6.07) is 5.84. The van der Waals surface area contributed by atoms with Crippen molar-refractivity contribution < 1.29 is 13.9 Å². The number of ether oxygens (including phenoxy) is 1. The van der Waals surface area contributed by atoms with Crippen LogP contribution < -0.4 is 5.32 Å². The first-order valence-corrected chi connectivity index (χ1v) is 8.70. The molecule has 1 unspecified atom stereocenters. The summed E-state index contributed by atoms with van der Waals surface area (Å²) in [7, 11) is 1.64. The van der Waals surface area contributed by atoms with Crippen molar-refractivity contribution in [1.29, 1.82) is 0 Å². The van der Waals surface area contributed by atoms with E-state index < -0.39 is 0 Å². The highest BCUT2D eigenvalue weighted by atomic mass is 16.5. The molecule has 0 radical (unpaired) electrons. The number of nitrogens with zero attached hydrogens (tertiary/aromatic N) is 2. The summed E-state index contributed by atoms with van der Waals surface area (Å²) in [6.07, 6.45) is 6.35. The van der Waals surface area contributed by atoms with E-state index in [2.05, 4.69) is 10.3 Å². The molecule has 2 aromatic rings. The SMILES string of the molecule is COCc1ccc(C2CCCN2C(=O)NCCc2ccncc2C)o1. The number of furan rings is 1. The largest absolute Gasteiger partial charge is 0.461 e. The maximum atomic E-state index is 12.6. The van der Waals surface area contributed by atoms with E-state index in [1.165, 1.54) is 5.56 Å². The molecule has 1 saturated heterocycles. The van der Waals surface area contributed by atoms with E-state index in [0.717, 1.165) is 42.9 Å². The van der Waals surface area contributed by atoms with Gasteiger partial charge in [-0.2, -0.15) is 0 Å². The van der Waals surface area contributed by atoms with E-state index >= 15 is 0 Å². The van der Waals surface area contributed by atoms with Crippen molar-refractivity contribution in [2.45, 2.75) is 38.8 Å². The number of pyridine rings is 1. The lowest BCUT2D eigenvalue weighted by Crippen LogP contribution is -2.40. The first-order valence-electron chi connectivity index (χ1n) is 8.70. The van der Waals surface area contributed by atoms with Crippen LogP contribution >= 0.6 is 0 Å². The van der Waals surface area contributed by atoms with Crippen molar-refractivity contribution in [2.24, 2.45) is 0 Å². The zero-order valence-electron chi connectivity index (χ0n) is 14.8. The Kier molecular flexibility index (Phi) is 5.71. The van der Waals surface area contributed by atoms with Crippen molar-refractivity contribution >= 4 is 6.03 Å². The quantitative estimate of drug-likeness (QED) is 0.874. The van der Waals surface area contributed by atoms with Gasteiger partial charge in [0.25, 0.3) is 0 Å². The lowest BCUT2D eigenvalue weighted by molar-refractivity contribution is 0.156. The molecule has 1 fully saturated rings. The molecule has 6 heteroatoms. The fourth-order valence-electron chi connectivity index (χ4n) is 3.29. The third kappa shape index (κ3) is 4.20. The molecule has 0 aromatic carbocycles. The predicted molar refractivity (Wildman–Crippen MR) is 94.2 cm³/mol. The van der Waals surface area contributed by atoms with Crippen LogP contribution in [0.5, 0.6) is 0 Å². The number of methoxy groups -OCH3 is 1. The van der Waals surface area contributed by atoms with Gasteiger partial charge in [-0.15, -0.1) is 0 Å². The summed E-state index contributed by atoms with van der Waals surface area (Å²) in [4.78, 5) is 18.5. The maximum Gasteiger partial charge on any atom is 0.318 e. The topological polar surface area (TPSA) is 67.6 Å². The van der Waals surface area contributed by atoms with Crippen LogP contribution in [0.3, 0.4) is 0 Å². The van der Waals surface area contributed by atoms with Crippen molar-refractivity contribution in [3.63, 3.8) is 0 Å². The van der Waals surface area contributed by atoms with Crippen LogP contribution in [0.1, 0.15) is 41.5 Å². The van der Waals surface area contributed by atoms with Crippen LogP contribution in [0.4, 0.5) is 4.79 Å². The molecule has 1 aliphatic rings. The summed E-state index contributed by atoms with van der Waals surface area (Å²) in [5.74, 6) is 1.63. The first-order chi connectivity index (χ1) is 12.2. The minimum absolute atomic E-state index is 0.00766. The fraction of sp³-hybridized carbons (Fsp3) is 0.474. The zero-order valence-corrected chi connectivity index (χ0v) is 14.8. The zero-order chi connectivity index (χ0) is 17.6. The summed E-state index contributed by atoms with van der Waals surface area (Å²) in [5.41, 5.74) is 2.36. The normalized spacial score (nSPS) is 17.0. The maximum absolute atomic E-state index is 12.6. The Balaban J connectivity index is 1.56. The van der Waals surface area contributed by atoms with Gasteiger partial charge >= 0.3 is 6.03 Å². The summed E-state index contributed by atoms with van der Waals surface area (Å²) in [5, 5.41) is 3.03. The molecular formula is C19H25N3O3. The molecule has 0 bridgehead atoms. The lowest BCUT2D eigenvalue weighted by Gasteiger charge is -2.23. The van der Waals surface area contributed by atoms with Crippen molar-refractivity contribution in [3.05, 3.63) is 53.2 Å². The molecule has 2 amide bonds. The van der Waals surface area contributed by atoms with Crippen LogP contribution in [-0.2, 0) is 17.8 Å². The number of carbonyl (C=O) groups excluding carboxylic acids is 1. The molecule has 1 aliphatic heterocycles. The molecule has 2 aromatic heterocycles. The third-order valence-electron chi connectivity index (χ3n) is 4.62. The average Bonchev–Trinajstić information content (AvgIpc) is 3.25. The van der Waals surface area contributed by atoms with Gasteiger partial charge < -0.3 is 19.4 Å². The molecule has 25 heavy (non-hydrogen) atoms. The predicted octanol–water partition coefficient (Wildman–Crippen LogP) is 3.22. The molecule has 134 valence electrons. The molecular weight excluding hydrogens is 318 g/mol. The van der Waals surface area contributed by atoms with Crippen LogP contribution in [0.25, 0.3) is 0 Å². The van der Waals surface area contributed by atoms with Gasteiger partial charge in [-0.1, -0.05) is 0 Å². The van der Waals surface area contributed by atoms with E-state index in [1.807, 2.05) is 36.2 Å². The highest BCUT2D eigenvalue weighted by Crippen LogP contribution is 2.33. The summed E-state index contributed by atoms with van der Waals surface area (Å²) < 4.78 is 10.9. The highest BCUT2D eigenvalue weighted by molar-refractivity contribution is 5.75. The Bertz CT molecular complexity index is 713. The van der Waals surface area contributed by atoms with E-state index in [4.69, 9.17) is 9.15 Å². The summed E-state index contributed by atoms with van der Waals surface area (Å²) >= 11 is 0. The lowest BCUT2D eigenvalue weighted by atomic mass is 10.1. The second kappa shape index (κ2) is 8.16. The van der Waals surface area contributed by atoms with Crippen LogP contribution in [0.2, 0.25) is 0 Å². The minimum atomic E-state index is -0.0288. The second-order valence-corrected chi connectivity index (χ2v) is 6.37. The van der Waals surface area contributed by atoms with Gasteiger partial charge in [0.15, 0.2) is 0 Å². The molecule has 3 rings (SSSR count). The van der Waals surface area contributed by atoms with Crippen LogP contribution in [0.15, 0.2) is 35.0 Å². The Hall–Kier alpha value is -2.34. The van der Waals surface area contributed by atoms with Crippen LogP contribution in [0, 0.1) is 6.92 Å². The highest BCUT2D eigenvalue weighted by Gasteiger charge is 2.32. The number of likely N-dealkylation sites (tertiary alicyclic amines) is 1. The number of nitrogens with one attached hydrogen (secondary N) is 1. The average molecular weight is 343 g/mol. The van der Waals surface area contributed by atoms with Gasteiger partial charge in [0.1, 0.15) is 18.1 Å². The van der Waals surface area contributed by atoms with Gasteiger partial charge in [-0.25, -0.2) is 4.79 Å². The number of amides is 2. The van der Waals surface area contributed by atoms with E-state index in [9.17, 15) is 4.79 Å². The molecule has 0 spiro atoms. The number of aryl methyl sites for hydroxylation is 1. The summed E-state index contributed by atoms with van der Waals surface area (Å²) in [6.45, 7) is 3.85. The third-order valence-corrected chi connectivity index (χ3v) is 4.62. The van der Waals surface area contributed by atoms with Gasteiger partial charge in [0, 0.05) is 32.6 Å². The minimum Gasteiger partial charge on any atom is -0.461 e. The van der Waals surface area contributed by atoms with Crippen LogP contribution in [-0.4, -0.2) is 36.1 Å². The standard InChI is InChI=1S/C19H25N3O3/c1-14-12-20-9-7-15(14)8-10-21-19(23)22-11-3-4-17(22)18-6-5-16(25-18)13-24-2/h5-7,9,12,17H,3-4,8,10-11,13H2,1-2H3,(H,21,23). The number of rotatable bonds is 6. The van der Waals surface area contributed by atoms with Gasteiger partial charge in [-0.05, 0) is 55.5 Å². The van der Waals surface area contributed by atoms with Gasteiger partial charge in [0.2, 0.25) is 0 Å². The van der Waals surface area contributed by atoms with E-state index in [-0.39, 0.29) is 12.1 Å². The van der Waals surface area contributed by atoms with E-state index in [0.29, 0.717) is 13.2 Å². The monoisotopic (exact) mass is 343 g/mol. The fourth-order valence-corrected chi connectivity index (χ4v) is 3.29. The molecule has 0 aliphatic carbocycles. The Morgan fingerprint density at radius 2 is 2.32 bits per heavy atom. The molecule has 3 heterocycles. The van der Waals surface area contributed by atoms with Crippen molar-refractivity contribution in [2.75, 3.05) is 20.2 Å². The number of aromatic nitrogens is 1. The number of urea groups is 1. The van der Waals surface area contributed by atoms with Gasteiger partial charge in [0.05, 0.1) is 6.04 Å². The Morgan fingerprint density at radius 3 is 3.12 bits per heavy atom. The van der Waals surface area contributed by atoms with E-state index in [1.54, 1.807) is 13.3 Å². The molecule has 6 nitrogen and oxygen atoms in total. The smallest absolute Gasteiger partial charge is 0.318 e. The van der Waals surface area contributed by atoms with Crippen molar-refractivity contribution in [1.82, 2.24) is 15.2 Å². The number of carbonyl (C=O) groups is 1. The number of hydrogen-bond acceptors (Lipinski definition) is 4. The molecule has 0 saturated carbocycles. The number of hydrogen-bond donors (Lipinski definition) is 1. The molecule has 1 atom stereocenters. The second-order valence-electron chi connectivity index (χ2n) is 6.37.